The van der Waals surface area contributed by atoms with E-state index in [1.54, 1.807) is 0 Å². The molecule has 1 aromatic carbocycles. The lowest BCUT2D eigenvalue weighted by Crippen LogP contribution is -2.46. The number of benzene rings is 1. The Hall–Kier alpha value is -1.04. The number of fused-ring (bicyclic) bond motifs is 1. The summed E-state index contributed by atoms with van der Waals surface area (Å²) in [5, 5.41) is 5.98. The van der Waals surface area contributed by atoms with Crippen molar-refractivity contribution in [2.24, 2.45) is 12.8 Å². The summed E-state index contributed by atoms with van der Waals surface area (Å²) in [6.07, 6.45) is 4.54. The van der Waals surface area contributed by atoms with Crippen molar-refractivity contribution < 1.29 is 0 Å². The van der Waals surface area contributed by atoms with Crippen molar-refractivity contribution in [1.29, 1.82) is 0 Å². The molecule has 0 bridgehead atoms. The van der Waals surface area contributed by atoms with E-state index in [1.807, 2.05) is 23.5 Å². The molecule has 2 heterocycles. The Kier molecular flexibility index (Phi) is 4.24. The summed E-state index contributed by atoms with van der Waals surface area (Å²) in [5.41, 5.74) is 8.37. The summed E-state index contributed by atoms with van der Waals surface area (Å²) in [5.74, 6) is 0. The minimum atomic E-state index is 0.294. The fraction of sp³-hybridized carbons (Fsp3) is 0.562. The van der Waals surface area contributed by atoms with E-state index in [1.165, 1.54) is 29.4 Å². The Bertz CT molecular complexity index is 608. The molecule has 4 nitrogen and oxygen atoms in total. The van der Waals surface area contributed by atoms with Crippen molar-refractivity contribution in [3.8, 4) is 0 Å². The molecule has 1 aliphatic rings. The average molecular weight is 304 g/mol. The van der Waals surface area contributed by atoms with E-state index in [0.29, 0.717) is 4.75 Å². The number of hydrogen-bond acceptors (Lipinski definition) is 4. The van der Waals surface area contributed by atoms with Gasteiger partial charge in [0.2, 0.25) is 0 Å². The minimum absolute atomic E-state index is 0.294. The number of aromatic nitrogens is 2. The lowest BCUT2D eigenvalue weighted by Gasteiger charge is -2.39. The summed E-state index contributed by atoms with van der Waals surface area (Å²) < 4.78 is 2.28. The summed E-state index contributed by atoms with van der Waals surface area (Å²) >= 11 is 1.94. The minimum Gasteiger partial charge on any atom is -0.329 e. The lowest BCUT2D eigenvalue weighted by atomic mass is 9.95. The molecule has 2 aromatic rings. The first-order valence-corrected chi connectivity index (χ1v) is 8.78. The number of para-hydroxylation sites is 1. The number of rotatable bonds is 4. The zero-order chi connectivity index (χ0) is 14.9. The van der Waals surface area contributed by atoms with Gasteiger partial charge in [-0.3, -0.25) is 9.58 Å². The molecule has 0 spiro atoms. The molecule has 3 rings (SSSR count). The molecule has 21 heavy (non-hydrogen) atoms. The fourth-order valence-corrected chi connectivity index (χ4v) is 3.98. The summed E-state index contributed by atoms with van der Waals surface area (Å²) in [7, 11) is 2.02. The summed E-state index contributed by atoms with van der Waals surface area (Å²) in [4.78, 5) is 2.51. The largest absolute Gasteiger partial charge is 0.329 e. The van der Waals surface area contributed by atoms with Crippen LogP contribution in [0.4, 0.5) is 0 Å². The van der Waals surface area contributed by atoms with Gasteiger partial charge in [0.25, 0.3) is 0 Å². The van der Waals surface area contributed by atoms with E-state index in [4.69, 9.17) is 10.8 Å². The van der Waals surface area contributed by atoms with Crippen LogP contribution >= 0.6 is 11.8 Å². The molecule has 0 aliphatic carbocycles. The highest BCUT2D eigenvalue weighted by Crippen LogP contribution is 2.34. The van der Waals surface area contributed by atoms with Crippen LogP contribution in [0.15, 0.2) is 24.3 Å². The topological polar surface area (TPSA) is 47.1 Å². The second-order valence-electron chi connectivity index (χ2n) is 5.95. The van der Waals surface area contributed by atoms with Crippen LogP contribution in [0, 0.1) is 0 Å². The van der Waals surface area contributed by atoms with Gasteiger partial charge in [-0.15, -0.1) is 0 Å². The van der Waals surface area contributed by atoms with Crippen molar-refractivity contribution in [1.82, 2.24) is 14.7 Å². The first kappa shape index (κ1) is 14.9. The van der Waals surface area contributed by atoms with E-state index in [9.17, 15) is 0 Å². The normalized spacial score (nSPS) is 19.2. The van der Waals surface area contributed by atoms with Crippen molar-refractivity contribution >= 4 is 22.7 Å². The predicted octanol–water partition coefficient (Wildman–Crippen LogP) is 2.23. The third-order valence-corrected chi connectivity index (χ3v) is 6.22. The molecule has 1 aliphatic heterocycles. The number of nitrogens with two attached hydrogens (primary N) is 1. The second kappa shape index (κ2) is 5.99. The van der Waals surface area contributed by atoms with Gasteiger partial charge in [0.05, 0.1) is 11.2 Å². The quantitative estimate of drug-likeness (QED) is 0.941. The van der Waals surface area contributed by atoms with Crippen LogP contribution < -0.4 is 5.73 Å². The molecule has 1 fully saturated rings. The Labute approximate surface area is 130 Å². The summed E-state index contributed by atoms with van der Waals surface area (Å²) in [6.45, 7) is 3.96. The van der Waals surface area contributed by atoms with Crippen molar-refractivity contribution in [2.75, 3.05) is 25.9 Å². The van der Waals surface area contributed by atoms with Gasteiger partial charge in [-0.2, -0.15) is 16.9 Å². The van der Waals surface area contributed by atoms with Crippen LogP contribution in [0.5, 0.6) is 0 Å². The monoisotopic (exact) mass is 304 g/mol. The molecule has 2 N–H and O–H groups in total. The maximum atomic E-state index is 5.97. The first-order valence-electron chi connectivity index (χ1n) is 7.56. The Morgan fingerprint density at radius 1 is 1.29 bits per heavy atom. The maximum Gasteiger partial charge on any atom is 0.0843 e. The Morgan fingerprint density at radius 2 is 2.00 bits per heavy atom. The van der Waals surface area contributed by atoms with E-state index in [0.717, 1.165) is 26.2 Å². The molecule has 1 aromatic heterocycles. The van der Waals surface area contributed by atoms with E-state index >= 15 is 0 Å². The highest BCUT2D eigenvalue weighted by molar-refractivity contribution is 8.00. The van der Waals surface area contributed by atoms with Gasteiger partial charge in [0, 0.05) is 30.3 Å². The molecule has 5 heteroatoms. The van der Waals surface area contributed by atoms with Gasteiger partial charge >= 0.3 is 0 Å². The van der Waals surface area contributed by atoms with Gasteiger partial charge in [-0.1, -0.05) is 18.2 Å². The summed E-state index contributed by atoms with van der Waals surface area (Å²) in [6, 6.07) is 8.47. The zero-order valence-corrected chi connectivity index (χ0v) is 13.7. The van der Waals surface area contributed by atoms with Crippen LogP contribution in [0.2, 0.25) is 0 Å². The number of likely N-dealkylation sites (tertiary alicyclic amines) is 1. The molecule has 0 amide bonds. The number of nitrogens with zero attached hydrogens (tertiary/aromatic N) is 3. The van der Waals surface area contributed by atoms with Crippen molar-refractivity contribution in [2.45, 2.75) is 24.1 Å². The first-order chi connectivity index (χ1) is 10.2. The standard InChI is InChI=1S/C16H24N4S/c1-19-15-6-4-3-5-13(15)14(18-19)11-20-9-7-16(12-17,21-2)8-10-20/h3-6H,7-12,17H2,1-2H3. The second-order valence-corrected chi connectivity index (χ2v) is 7.23. The highest BCUT2D eigenvalue weighted by atomic mass is 32.2. The van der Waals surface area contributed by atoms with Crippen LogP contribution in [0.3, 0.4) is 0 Å². The average Bonchev–Trinajstić information content (AvgIpc) is 2.85. The highest BCUT2D eigenvalue weighted by Gasteiger charge is 2.32. The number of aryl methyl sites for hydroxylation is 1. The van der Waals surface area contributed by atoms with Gasteiger partial charge < -0.3 is 5.73 Å². The van der Waals surface area contributed by atoms with E-state index < -0.39 is 0 Å². The van der Waals surface area contributed by atoms with Gasteiger partial charge in [-0.25, -0.2) is 0 Å². The molecule has 0 radical (unpaired) electrons. The molecule has 1 saturated heterocycles. The molecule has 0 unspecified atom stereocenters. The molecule has 0 atom stereocenters. The smallest absolute Gasteiger partial charge is 0.0843 e. The molecule has 0 saturated carbocycles. The molecular weight excluding hydrogens is 280 g/mol. The number of thioether (sulfide) groups is 1. The van der Waals surface area contributed by atoms with Crippen LogP contribution in [0.1, 0.15) is 18.5 Å². The van der Waals surface area contributed by atoms with Crippen molar-refractivity contribution in [3.63, 3.8) is 0 Å². The van der Waals surface area contributed by atoms with E-state index in [2.05, 4.69) is 35.4 Å². The molecular formula is C16H24N4S. The van der Waals surface area contributed by atoms with Crippen molar-refractivity contribution in [3.05, 3.63) is 30.0 Å². The maximum absolute atomic E-state index is 5.97. The Morgan fingerprint density at radius 3 is 2.67 bits per heavy atom. The number of hydrogen-bond donors (Lipinski definition) is 1. The fourth-order valence-electron chi connectivity index (χ4n) is 3.23. The third kappa shape index (κ3) is 2.82. The molecule has 114 valence electrons. The van der Waals surface area contributed by atoms with Crippen LogP contribution in [0.25, 0.3) is 10.9 Å². The van der Waals surface area contributed by atoms with Gasteiger partial charge in [0.15, 0.2) is 0 Å². The lowest BCUT2D eigenvalue weighted by molar-refractivity contribution is 0.193. The SMILES string of the molecule is CSC1(CN)CCN(Cc2nn(C)c3ccccc23)CC1. The predicted molar refractivity (Wildman–Crippen MR) is 90.5 cm³/mol. The van der Waals surface area contributed by atoms with Crippen LogP contribution in [-0.2, 0) is 13.6 Å². The van der Waals surface area contributed by atoms with Gasteiger partial charge in [0.1, 0.15) is 0 Å². The third-order valence-electron chi connectivity index (χ3n) is 4.78. The van der Waals surface area contributed by atoms with Crippen LogP contribution in [-0.4, -0.2) is 45.3 Å². The number of piperidine rings is 1. The zero-order valence-electron chi connectivity index (χ0n) is 12.9. The van der Waals surface area contributed by atoms with E-state index in [-0.39, 0.29) is 0 Å². The van der Waals surface area contributed by atoms with Gasteiger partial charge in [-0.05, 0) is 38.3 Å². The Balaban J connectivity index is 1.73.